The molecule has 0 aromatic heterocycles. The Morgan fingerprint density at radius 1 is 0.645 bits per heavy atom. The molecule has 160 valence electrons. The van der Waals surface area contributed by atoms with Gasteiger partial charge in [0.15, 0.2) is 0 Å². The fraction of sp³-hybridized carbons (Fsp3) is 0.167. The van der Waals surface area contributed by atoms with Gasteiger partial charge in [0, 0.05) is 0 Å². The van der Waals surface area contributed by atoms with Crippen LogP contribution in [0, 0.1) is 0 Å². The zero-order valence-electron chi connectivity index (χ0n) is 17.3. The van der Waals surface area contributed by atoms with Gasteiger partial charge in [0.05, 0.1) is 0 Å². The van der Waals surface area contributed by atoms with Gasteiger partial charge >= 0.3 is 199 Å². The molecule has 31 heavy (non-hydrogen) atoms. The Balaban J connectivity index is 1.75. The van der Waals surface area contributed by atoms with Crippen LogP contribution in [0.2, 0.25) is 7.25 Å². The molecule has 2 aliphatic carbocycles. The van der Waals surface area contributed by atoms with Crippen LogP contribution in [0.4, 0.5) is 0 Å². The summed E-state index contributed by atoms with van der Waals surface area (Å²) in [6, 6.07) is 16.0. The van der Waals surface area contributed by atoms with Crippen molar-refractivity contribution >= 4 is 24.1 Å². The average molecular weight is 532 g/mol. The summed E-state index contributed by atoms with van der Waals surface area (Å²) >= 11 is -1.31. The van der Waals surface area contributed by atoms with Crippen LogP contribution in [0.25, 0.3) is 0 Å². The maximum absolute atomic E-state index is 6.94. The van der Waals surface area contributed by atoms with E-state index in [1.54, 1.807) is 14.2 Å². The molecule has 0 unspecified atom stereocenters. The van der Waals surface area contributed by atoms with Gasteiger partial charge in [-0.1, -0.05) is 0 Å². The van der Waals surface area contributed by atoms with Gasteiger partial charge in [-0.2, -0.15) is 0 Å². The van der Waals surface area contributed by atoms with Gasteiger partial charge in [-0.3, -0.25) is 0 Å². The zero-order valence-corrected chi connectivity index (χ0v) is 21.4. The summed E-state index contributed by atoms with van der Waals surface area (Å²) in [6.45, 7) is 0. The fourth-order valence-electron chi connectivity index (χ4n) is 3.66. The molecule has 0 aliphatic heterocycles. The number of allylic oxidation sites excluding steroid dienone is 8. The van der Waals surface area contributed by atoms with Crippen molar-refractivity contribution in [2.24, 2.45) is 0 Å². The molecule has 0 saturated carbocycles. The molecule has 0 heterocycles. The van der Waals surface area contributed by atoms with E-state index >= 15 is 0 Å². The molecule has 0 radical (unpaired) electrons. The standard InChI is InChI=1S/2C7H8O2S.2C5H5.Zr/c2*1-9-10-7-4-2-3-6(8)5-7;2*1-2-4-5-3-1;/h2*2-5,8H,1H3;2*1-5H;/q;;;;+2/p-2. The third kappa shape index (κ3) is 5.47. The zero-order chi connectivity index (χ0) is 21.5. The van der Waals surface area contributed by atoms with E-state index in [2.05, 4.69) is 48.6 Å². The summed E-state index contributed by atoms with van der Waals surface area (Å²) in [4.78, 5) is 1.99. The van der Waals surface area contributed by atoms with Crippen molar-refractivity contribution in [1.82, 2.24) is 0 Å². The molecule has 0 saturated heterocycles. The van der Waals surface area contributed by atoms with Crippen LogP contribution < -0.4 is 5.63 Å². The summed E-state index contributed by atoms with van der Waals surface area (Å²) in [6.07, 6.45) is 17.2. The summed E-state index contributed by atoms with van der Waals surface area (Å²) in [5, 5.41) is 0. The van der Waals surface area contributed by atoms with Crippen molar-refractivity contribution < 1.29 is 35.1 Å². The van der Waals surface area contributed by atoms with E-state index in [0.717, 1.165) is 21.3 Å². The van der Waals surface area contributed by atoms with E-state index in [1.807, 2.05) is 48.5 Å². The quantitative estimate of drug-likeness (QED) is 0.300. The number of hydrogen-bond acceptors (Lipinski definition) is 6. The first-order chi connectivity index (χ1) is 15.2. The fourth-order valence-corrected chi connectivity index (χ4v) is 13.3. The Morgan fingerprint density at radius 3 is 1.45 bits per heavy atom. The van der Waals surface area contributed by atoms with Crippen LogP contribution in [0.1, 0.15) is 0 Å². The average Bonchev–Trinajstić information content (AvgIpc) is 3.49. The molecule has 2 aromatic rings. The molecule has 0 fully saturated rings. The predicted octanol–water partition coefficient (Wildman–Crippen LogP) is 7.26. The van der Waals surface area contributed by atoms with Crippen molar-refractivity contribution in [3.8, 4) is 11.5 Å². The summed E-state index contributed by atoms with van der Waals surface area (Å²) in [7, 11) is 3.33. The molecule has 0 N–H and O–H groups in total. The van der Waals surface area contributed by atoms with Crippen molar-refractivity contribution in [1.29, 1.82) is 0 Å². The van der Waals surface area contributed by atoms with Crippen molar-refractivity contribution in [3.05, 3.63) is 97.1 Å². The second kappa shape index (κ2) is 10.9. The molecule has 2 aliphatic rings. The molecular weight excluding hydrogens is 508 g/mol. The van der Waals surface area contributed by atoms with Crippen LogP contribution in [0.3, 0.4) is 0 Å². The van der Waals surface area contributed by atoms with E-state index in [1.165, 1.54) is 24.1 Å². The maximum atomic E-state index is 6.94. The van der Waals surface area contributed by atoms with Crippen molar-refractivity contribution in [3.63, 3.8) is 0 Å². The molecule has 0 amide bonds. The molecule has 7 heteroatoms. The van der Waals surface area contributed by atoms with Gasteiger partial charge in [0.25, 0.3) is 0 Å². The normalized spacial score (nSPS) is 15.8. The monoisotopic (exact) mass is 530 g/mol. The Kier molecular flexibility index (Phi) is 7.97. The van der Waals surface area contributed by atoms with E-state index in [9.17, 15) is 0 Å². The van der Waals surface area contributed by atoms with Crippen LogP contribution in [-0.2, 0) is 29.5 Å². The van der Waals surface area contributed by atoms with Gasteiger partial charge in [-0.25, -0.2) is 0 Å². The van der Waals surface area contributed by atoms with Crippen molar-refractivity contribution in [2.75, 3.05) is 14.2 Å². The topological polar surface area (TPSA) is 36.9 Å². The van der Waals surface area contributed by atoms with Gasteiger partial charge in [0.2, 0.25) is 0 Å². The molecular formula is C24H24O4S2Zr. The first kappa shape index (κ1) is 22.7. The van der Waals surface area contributed by atoms with Gasteiger partial charge < -0.3 is 0 Å². The second-order valence-electron chi connectivity index (χ2n) is 6.97. The molecule has 4 nitrogen and oxygen atoms in total. The van der Waals surface area contributed by atoms with Crippen LogP contribution in [0.5, 0.6) is 11.5 Å². The number of rotatable bonds is 10. The Hall–Kier alpha value is -1.50. The van der Waals surface area contributed by atoms with Crippen molar-refractivity contribution in [2.45, 2.75) is 17.0 Å². The molecule has 4 rings (SSSR count). The Morgan fingerprint density at radius 2 is 1.06 bits per heavy atom. The van der Waals surface area contributed by atoms with E-state index in [0.29, 0.717) is 0 Å². The van der Waals surface area contributed by atoms with Crippen LogP contribution >= 0.6 is 24.1 Å². The third-order valence-electron chi connectivity index (χ3n) is 4.95. The SMILES string of the molecule is COSc1cccc([O][Zr]([O]c2cccc(SOC)c2)([CH]2C=CC=C2)[CH]2C=CC=C2)c1. The minimum absolute atomic E-state index is 0.129. The minimum atomic E-state index is -3.95. The summed E-state index contributed by atoms with van der Waals surface area (Å²) in [5.74, 6) is 1.62. The number of benzene rings is 2. The first-order valence-corrected chi connectivity index (χ1v) is 16.3. The molecule has 0 atom stereocenters. The van der Waals surface area contributed by atoms with E-state index in [-0.39, 0.29) is 7.25 Å². The first-order valence-electron chi connectivity index (χ1n) is 9.93. The Bertz CT molecular complexity index is 913. The predicted molar refractivity (Wildman–Crippen MR) is 124 cm³/mol. The Labute approximate surface area is 198 Å². The van der Waals surface area contributed by atoms with Gasteiger partial charge in [-0.15, -0.1) is 0 Å². The molecule has 2 aromatic carbocycles. The molecule has 0 bridgehead atoms. The summed E-state index contributed by atoms with van der Waals surface area (Å²) in [5.41, 5.74) is 0. The van der Waals surface area contributed by atoms with E-state index < -0.39 is 21.1 Å². The summed E-state index contributed by atoms with van der Waals surface area (Å²) < 4.78 is 24.6. The van der Waals surface area contributed by atoms with Gasteiger partial charge in [-0.05, 0) is 0 Å². The molecule has 0 spiro atoms. The van der Waals surface area contributed by atoms with Gasteiger partial charge in [0.1, 0.15) is 0 Å². The second-order valence-corrected chi connectivity index (χ2v) is 16.7. The van der Waals surface area contributed by atoms with E-state index in [4.69, 9.17) is 14.0 Å². The van der Waals surface area contributed by atoms with Crippen LogP contribution in [-0.4, -0.2) is 14.2 Å². The third-order valence-corrected chi connectivity index (χ3v) is 15.4. The van der Waals surface area contributed by atoms with Crippen LogP contribution in [0.15, 0.2) is 107 Å². The number of hydrogen-bond donors (Lipinski definition) is 0.